The van der Waals surface area contributed by atoms with Crippen LogP contribution in [0.3, 0.4) is 0 Å². The van der Waals surface area contributed by atoms with Crippen molar-refractivity contribution in [3.63, 3.8) is 0 Å². The second-order valence-corrected chi connectivity index (χ2v) is 4.40. The van der Waals surface area contributed by atoms with Crippen LogP contribution < -0.4 is 10.9 Å². The number of hydrazone groups is 2. The molecule has 22 heavy (non-hydrogen) atoms. The van der Waals surface area contributed by atoms with Crippen molar-refractivity contribution in [2.45, 2.75) is 32.3 Å². The second-order valence-electron chi connectivity index (χ2n) is 4.40. The Morgan fingerprint density at radius 1 is 1.05 bits per heavy atom. The smallest absolute Gasteiger partial charge is 0.286 e. The van der Waals surface area contributed by atoms with Crippen LogP contribution >= 0.6 is 0 Å². The van der Waals surface area contributed by atoms with Gasteiger partial charge in [0.1, 0.15) is 0 Å². The summed E-state index contributed by atoms with van der Waals surface area (Å²) in [6.45, 7) is 3.68. The maximum Gasteiger partial charge on any atom is 0.286 e. The SMILES string of the molecule is CC/C=N/NC(=O)C(O)(C(=O)N/N=C/CC)c1ccccc1. The first-order chi connectivity index (χ1) is 10.6. The van der Waals surface area contributed by atoms with Crippen LogP contribution in [-0.2, 0) is 15.2 Å². The van der Waals surface area contributed by atoms with Gasteiger partial charge in [0.15, 0.2) is 0 Å². The van der Waals surface area contributed by atoms with Gasteiger partial charge < -0.3 is 5.11 Å². The zero-order valence-corrected chi connectivity index (χ0v) is 12.6. The third kappa shape index (κ3) is 4.23. The van der Waals surface area contributed by atoms with E-state index in [0.717, 1.165) is 0 Å². The third-order valence-electron chi connectivity index (χ3n) is 2.73. The van der Waals surface area contributed by atoms with Gasteiger partial charge in [0.2, 0.25) is 0 Å². The first-order valence-corrected chi connectivity index (χ1v) is 6.99. The normalized spacial score (nSPS) is 11.8. The molecule has 7 heteroatoms. The molecule has 0 radical (unpaired) electrons. The van der Waals surface area contributed by atoms with E-state index < -0.39 is 17.4 Å². The summed E-state index contributed by atoms with van der Waals surface area (Å²) < 4.78 is 0. The van der Waals surface area contributed by atoms with Crippen molar-refractivity contribution in [2.24, 2.45) is 10.2 Å². The van der Waals surface area contributed by atoms with E-state index in [1.807, 2.05) is 13.8 Å². The zero-order chi connectivity index (χ0) is 16.4. The van der Waals surface area contributed by atoms with Gasteiger partial charge in [-0.3, -0.25) is 9.59 Å². The van der Waals surface area contributed by atoms with E-state index in [9.17, 15) is 14.7 Å². The molecule has 2 amide bonds. The summed E-state index contributed by atoms with van der Waals surface area (Å²) in [6, 6.07) is 7.90. The van der Waals surface area contributed by atoms with Crippen LogP contribution in [0.1, 0.15) is 32.3 Å². The van der Waals surface area contributed by atoms with Crippen molar-refractivity contribution in [2.75, 3.05) is 0 Å². The highest BCUT2D eigenvalue weighted by molar-refractivity contribution is 6.08. The topological polar surface area (TPSA) is 103 Å². The summed E-state index contributed by atoms with van der Waals surface area (Å²) in [5.74, 6) is -1.90. The maximum absolute atomic E-state index is 12.2. The van der Waals surface area contributed by atoms with Crippen molar-refractivity contribution < 1.29 is 14.7 Å². The third-order valence-corrected chi connectivity index (χ3v) is 2.73. The minimum Gasteiger partial charge on any atom is -0.368 e. The van der Waals surface area contributed by atoms with E-state index in [4.69, 9.17) is 0 Å². The fourth-order valence-corrected chi connectivity index (χ4v) is 1.60. The van der Waals surface area contributed by atoms with Crippen LogP contribution in [0.4, 0.5) is 0 Å². The molecular weight excluding hydrogens is 284 g/mol. The predicted octanol–water partition coefficient (Wildman–Crippen LogP) is 0.898. The Morgan fingerprint density at radius 2 is 1.50 bits per heavy atom. The van der Waals surface area contributed by atoms with Gasteiger partial charge in [-0.1, -0.05) is 44.2 Å². The van der Waals surface area contributed by atoms with Crippen molar-refractivity contribution in [1.29, 1.82) is 0 Å². The average molecular weight is 304 g/mol. The van der Waals surface area contributed by atoms with Crippen LogP contribution in [0.2, 0.25) is 0 Å². The Hall–Kier alpha value is -2.54. The largest absolute Gasteiger partial charge is 0.368 e. The highest BCUT2D eigenvalue weighted by atomic mass is 16.3. The molecular formula is C15H20N4O3. The molecule has 0 unspecified atom stereocenters. The van der Waals surface area contributed by atoms with Gasteiger partial charge in [-0.05, 0) is 12.8 Å². The van der Waals surface area contributed by atoms with Gasteiger partial charge >= 0.3 is 0 Å². The van der Waals surface area contributed by atoms with E-state index in [2.05, 4.69) is 21.1 Å². The van der Waals surface area contributed by atoms with E-state index in [0.29, 0.717) is 12.8 Å². The number of nitrogens with zero attached hydrogens (tertiary/aromatic N) is 2. The second kappa shape index (κ2) is 8.68. The summed E-state index contributed by atoms with van der Waals surface area (Å²) in [5, 5.41) is 18.0. The number of amides is 2. The molecule has 0 aliphatic rings. The molecule has 0 saturated carbocycles. The van der Waals surface area contributed by atoms with Gasteiger partial charge in [-0.25, -0.2) is 10.9 Å². The standard InChI is InChI=1S/C15H20N4O3/c1-3-10-16-18-13(20)15(22,12-8-6-5-7-9-12)14(21)19-17-11-4-2/h5-11,22H,3-4H2,1-2H3,(H,18,20)(H,19,21)/b16-10+,17-11+. The lowest BCUT2D eigenvalue weighted by molar-refractivity contribution is -0.155. The van der Waals surface area contributed by atoms with Crippen LogP contribution in [0.25, 0.3) is 0 Å². The van der Waals surface area contributed by atoms with Gasteiger partial charge in [-0.2, -0.15) is 10.2 Å². The quantitative estimate of drug-likeness (QED) is 0.396. The Bertz CT molecular complexity index is 527. The summed E-state index contributed by atoms with van der Waals surface area (Å²) >= 11 is 0. The van der Waals surface area contributed by atoms with E-state index in [1.165, 1.54) is 24.6 Å². The summed E-state index contributed by atoms with van der Waals surface area (Å²) in [5.41, 5.74) is 2.03. The fourth-order valence-electron chi connectivity index (χ4n) is 1.60. The molecule has 118 valence electrons. The summed E-state index contributed by atoms with van der Waals surface area (Å²) in [6.07, 6.45) is 4.13. The molecule has 0 bridgehead atoms. The van der Waals surface area contributed by atoms with Crippen molar-refractivity contribution in [1.82, 2.24) is 10.9 Å². The van der Waals surface area contributed by atoms with Gasteiger partial charge in [0.05, 0.1) is 0 Å². The van der Waals surface area contributed by atoms with Crippen LogP contribution in [0.5, 0.6) is 0 Å². The van der Waals surface area contributed by atoms with Crippen molar-refractivity contribution in [3.8, 4) is 0 Å². The Balaban J connectivity index is 3.09. The Morgan fingerprint density at radius 3 is 1.91 bits per heavy atom. The molecule has 0 fully saturated rings. The van der Waals surface area contributed by atoms with Gasteiger partial charge in [0.25, 0.3) is 17.4 Å². The lowest BCUT2D eigenvalue weighted by Crippen LogP contribution is -2.53. The minimum atomic E-state index is -2.42. The molecule has 0 atom stereocenters. The number of rotatable bonds is 7. The molecule has 0 spiro atoms. The fraction of sp³-hybridized carbons (Fsp3) is 0.333. The summed E-state index contributed by atoms with van der Waals surface area (Å²) in [4.78, 5) is 24.5. The molecule has 3 N–H and O–H groups in total. The first-order valence-electron chi connectivity index (χ1n) is 6.99. The molecule has 0 aliphatic carbocycles. The summed E-state index contributed by atoms with van der Waals surface area (Å²) in [7, 11) is 0. The minimum absolute atomic E-state index is 0.128. The first kappa shape index (κ1) is 17.5. The molecule has 0 aliphatic heterocycles. The molecule has 1 aromatic carbocycles. The molecule has 0 aromatic heterocycles. The van der Waals surface area contributed by atoms with Crippen molar-refractivity contribution in [3.05, 3.63) is 35.9 Å². The average Bonchev–Trinajstić information content (AvgIpc) is 2.55. The maximum atomic E-state index is 12.2. The number of hydrogen-bond acceptors (Lipinski definition) is 5. The van der Waals surface area contributed by atoms with Crippen LogP contribution in [-0.4, -0.2) is 29.4 Å². The number of aliphatic hydroxyl groups is 1. The molecule has 0 saturated heterocycles. The van der Waals surface area contributed by atoms with E-state index in [-0.39, 0.29) is 5.56 Å². The lowest BCUT2D eigenvalue weighted by atomic mass is 9.92. The number of hydrogen-bond donors (Lipinski definition) is 3. The van der Waals surface area contributed by atoms with Crippen LogP contribution in [0, 0.1) is 0 Å². The number of carbonyl (C=O) groups is 2. The van der Waals surface area contributed by atoms with Gasteiger partial charge in [0, 0.05) is 18.0 Å². The number of nitrogens with one attached hydrogen (secondary N) is 2. The Labute approximate surface area is 129 Å². The van der Waals surface area contributed by atoms with E-state index in [1.54, 1.807) is 18.2 Å². The van der Waals surface area contributed by atoms with Gasteiger partial charge in [-0.15, -0.1) is 0 Å². The monoisotopic (exact) mass is 304 g/mol. The molecule has 0 heterocycles. The Kier molecular flexibility index (Phi) is 6.91. The highest BCUT2D eigenvalue weighted by Crippen LogP contribution is 2.21. The number of benzene rings is 1. The highest BCUT2D eigenvalue weighted by Gasteiger charge is 2.46. The van der Waals surface area contributed by atoms with Crippen molar-refractivity contribution >= 4 is 24.2 Å². The predicted molar refractivity (Wildman–Crippen MR) is 84.2 cm³/mol. The van der Waals surface area contributed by atoms with E-state index >= 15 is 0 Å². The molecule has 1 aromatic rings. The zero-order valence-electron chi connectivity index (χ0n) is 12.6. The lowest BCUT2D eigenvalue weighted by Gasteiger charge is -2.24. The molecule has 1 rings (SSSR count). The molecule has 7 nitrogen and oxygen atoms in total. The number of carbonyl (C=O) groups excluding carboxylic acids is 2. The van der Waals surface area contributed by atoms with Crippen LogP contribution in [0.15, 0.2) is 40.5 Å².